The maximum absolute atomic E-state index is 10.1. The first-order valence-electron chi connectivity index (χ1n) is 4.66. The highest BCUT2D eigenvalue weighted by molar-refractivity contribution is 7.10. The van der Waals surface area contributed by atoms with Gasteiger partial charge >= 0.3 is 0 Å². The zero-order valence-electron chi connectivity index (χ0n) is 8.22. The first-order chi connectivity index (χ1) is 7.24. The van der Waals surface area contributed by atoms with Crippen molar-refractivity contribution in [1.82, 2.24) is 9.78 Å². The second kappa shape index (κ2) is 4.35. The molecule has 0 radical (unpaired) electrons. The van der Waals surface area contributed by atoms with E-state index in [1.165, 1.54) is 11.3 Å². The number of aryl methyl sites for hydroxylation is 1. The highest BCUT2D eigenvalue weighted by Crippen LogP contribution is 2.30. The topological polar surface area (TPSA) is 38.0 Å². The molecule has 0 spiro atoms. The van der Waals surface area contributed by atoms with Gasteiger partial charge in [0.25, 0.3) is 0 Å². The lowest BCUT2D eigenvalue weighted by molar-refractivity contribution is 0.212. The van der Waals surface area contributed by atoms with Gasteiger partial charge in [0.15, 0.2) is 0 Å². The van der Waals surface area contributed by atoms with Gasteiger partial charge in [-0.25, -0.2) is 0 Å². The fraction of sp³-hybridized carbons (Fsp3) is 0.300. The summed E-state index contributed by atoms with van der Waals surface area (Å²) in [6.07, 6.45) is 0.886. The van der Waals surface area contributed by atoms with Gasteiger partial charge < -0.3 is 5.11 Å². The number of halogens is 1. The molecule has 2 rings (SSSR count). The van der Waals surface area contributed by atoms with Crippen molar-refractivity contribution in [1.29, 1.82) is 0 Å². The Balaban J connectivity index is 2.40. The van der Waals surface area contributed by atoms with E-state index in [1.54, 1.807) is 10.9 Å². The molecule has 2 heterocycles. The number of nitrogens with zero attached hydrogens (tertiary/aromatic N) is 2. The molecule has 1 atom stereocenters. The van der Waals surface area contributed by atoms with E-state index in [4.69, 9.17) is 11.6 Å². The molecule has 0 fully saturated rings. The van der Waals surface area contributed by atoms with E-state index in [0.717, 1.165) is 4.88 Å². The minimum Gasteiger partial charge on any atom is -0.381 e. The Morgan fingerprint density at radius 2 is 2.47 bits per heavy atom. The number of rotatable bonds is 3. The number of aliphatic hydroxyl groups is 1. The van der Waals surface area contributed by atoms with Crippen molar-refractivity contribution in [3.8, 4) is 0 Å². The van der Waals surface area contributed by atoms with E-state index < -0.39 is 6.10 Å². The molecule has 0 aliphatic carbocycles. The predicted molar refractivity (Wildman–Crippen MR) is 61.3 cm³/mol. The minimum absolute atomic E-state index is 0.512. The zero-order chi connectivity index (χ0) is 10.8. The van der Waals surface area contributed by atoms with E-state index in [9.17, 15) is 5.11 Å². The summed E-state index contributed by atoms with van der Waals surface area (Å²) in [4.78, 5) is 0.882. The lowest BCUT2D eigenvalue weighted by Crippen LogP contribution is -2.08. The number of hydrogen-bond donors (Lipinski definition) is 1. The second-order valence-corrected chi connectivity index (χ2v) is 4.50. The van der Waals surface area contributed by atoms with Gasteiger partial charge in [0.1, 0.15) is 6.10 Å². The molecule has 0 bridgehead atoms. The molecular formula is C10H11ClN2OS. The Morgan fingerprint density at radius 3 is 3.07 bits per heavy atom. The van der Waals surface area contributed by atoms with Crippen molar-refractivity contribution >= 4 is 22.9 Å². The highest BCUT2D eigenvalue weighted by atomic mass is 35.5. The SMILES string of the molecule is CCn1ncc(Cl)c1C(O)c1cccs1. The summed E-state index contributed by atoms with van der Waals surface area (Å²) >= 11 is 7.50. The fourth-order valence-electron chi connectivity index (χ4n) is 1.48. The third kappa shape index (κ3) is 1.93. The summed E-state index contributed by atoms with van der Waals surface area (Å²) in [5.74, 6) is 0. The minimum atomic E-state index is -0.681. The van der Waals surface area contributed by atoms with E-state index in [-0.39, 0.29) is 0 Å². The quantitative estimate of drug-likeness (QED) is 0.899. The largest absolute Gasteiger partial charge is 0.381 e. The molecule has 1 unspecified atom stereocenters. The van der Waals surface area contributed by atoms with Crippen molar-refractivity contribution in [2.24, 2.45) is 0 Å². The summed E-state index contributed by atoms with van der Waals surface area (Å²) in [6.45, 7) is 2.67. The monoisotopic (exact) mass is 242 g/mol. The van der Waals surface area contributed by atoms with Gasteiger partial charge in [0, 0.05) is 11.4 Å². The molecule has 2 aromatic rings. The van der Waals surface area contributed by atoms with Crippen LogP contribution in [0.1, 0.15) is 23.6 Å². The lowest BCUT2D eigenvalue weighted by Gasteiger charge is -2.11. The number of aromatic nitrogens is 2. The number of thiophene rings is 1. The van der Waals surface area contributed by atoms with Crippen LogP contribution < -0.4 is 0 Å². The lowest BCUT2D eigenvalue weighted by atomic mass is 10.2. The maximum Gasteiger partial charge on any atom is 0.131 e. The van der Waals surface area contributed by atoms with Gasteiger partial charge in [-0.1, -0.05) is 17.7 Å². The highest BCUT2D eigenvalue weighted by Gasteiger charge is 2.19. The van der Waals surface area contributed by atoms with Crippen LogP contribution in [0, 0.1) is 0 Å². The molecule has 5 heteroatoms. The van der Waals surface area contributed by atoms with E-state index in [1.807, 2.05) is 24.4 Å². The van der Waals surface area contributed by atoms with Crippen LogP contribution in [0.25, 0.3) is 0 Å². The Kier molecular flexibility index (Phi) is 3.09. The molecule has 0 saturated carbocycles. The van der Waals surface area contributed by atoms with Crippen molar-refractivity contribution in [3.05, 3.63) is 39.3 Å². The third-order valence-electron chi connectivity index (χ3n) is 2.20. The molecule has 15 heavy (non-hydrogen) atoms. The molecule has 0 aromatic carbocycles. The smallest absolute Gasteiger partial charge is 0.131 e. The van der Waals surface area contributed by atoms with Crippen LogP contribution in [0.3, 0.4) is 0 Å². The van der Waals surface area contributed by atoms with E-state index >= 15 is 0 Å². The Hall–Kier alpha value is -0.840. The maximum atomic E-state index is 10.1. The van der Waals surface area contributed by atoms with Gasteiger partial charge in [-0.2, -0.15) is 5.10 Å². The van der Waals surface area contributed by atoms with E-state index in [2.05, 4.69) is 5.10 Å². The molecule has 0 amide bonds. The van der Waals surface area contributed by atoms with Crippen LogP contribution >= 0.6 is 22.9 Å². The summed E-state index contributed by atoms with van der Waals surface area (Å²) in [7, 11) is 0. The number of hydrogen-bond acceptors (Lipinski definition) is 3. The van der Waals surface area contributed by atoms with Gasteiger partial charge in [0.2, 0.25) is 0 Å². The fourth-order valence-corrected chi connectivity index (χ4v) is 2.43. The molecule has 1 N–H and O–H groups in total. The third-order valence-corrected chi connectivity index (χ3v) is 3.42. The first kappa shape index (κ1) is 10.7. The molecule has 2 aromatic heterocycles. The zero-order valence-corrected chi connectivity index (χ0v) is 9.79. The van der Waals surface area contributed by atoms with Gasteiger partial charge in [-0.05, 0) is 18.4 Å². The van der Waals surface area contributed by atoms with Crippen LogP contribution in [0.5, 0.6) is 0 Å². The number of aliphatic hydroxyl groups excluding tert-OH is 1. The first-order valence-corrected chi connectivity index (χ1v) is 5.92. The molecular weight excluding hydrogens is 232 g/mol. The van der Waals surface area contributed by atoms with Crippen molar-refractivity contribution in [2.75, 3.05) is 0 Å². The van der Waals surface area contributed by atoms with Crippen LogP contribution in [0.4, 0.5) is 0 Å². The Morgan fingerprint density at radius 1 is 1.67 bits per heavy atom. The summed E-state index contributed by atoms with van der Waals surface area (Å²) in [5, 5.41) is 16.7. The van der Waals surface area contributed by atoms with Crippen LogP contribution in [-0.2, 0) is 6.54 Å². The van der Waals surface area contributed by atoms with Crippen molar-refractivity contribution < 1.29 is 5.11 Å². The van der Waals surface area contributed by atoms with E-state index in [0.29, 0.717) is 17.3 Å². The van der Waals surface area contributed by atoms with Crippen LogP contribution in [0.15, 0.2) is 23.7 Å². The van der Waals surface area contributed by atoms with Crippen LogP contribution in [0.2, 0.25) is 5.02 Å². The van der Waals surface area contributed by atoms with Crippen molar-refractivity contribution in [3.63, 3.8) is 0 Å². The standard InChI is InChI=1S/C10H11ClN2OS/c1-2-13-9(7(11)6-12-13)10(14)8-4-3-5-15-8/h3-6,10,14H,2H2,1H3. The summed E-state index contributed by atoms with van der Waals surface area (Å²) in [5.41, 5.74) is 0.668. The average molecular weight is 243 g/mol. The Labute approximate surface area is 96.9 Å². The summed E-state index contributed by atoms with van der Waals surface area (Å²) in [6, 6.07) is 3.79. The predicted octanol–water partition coefficient (Wildman–Crippen LogP) is 2.70. The van der Waals surface area contributed by atoms with Crippen LogP contribution in [-0.4, -0.2) is 14.9 Å². The Bertz CT molecular complexity index is 438. The summed E-state index contributed by atoms with van der Waals surface area (Å²) < 4.78 is 1.72. The molecule has 0 aliphatic rings. The normalized spacial score (nSPS) is 13.0. The van der Waals surface area contributed by atoms with Gasteiger partial charge in [0.05, 0.1) is 16.9 Å². The average Bonchev–Trinajstić information content (AvgIpc) is 2.85. The molecule has 0 saturated heterocycles. The molecule has 3 nitrogen and oxygen atoms in total. The molecule has 0 aliphatic heterocycles. The molecule has 80 valence electrons. The van der Waals surface area contributed by atoms with Gasteiger partial charge in [-0.15, -0.1) is 11.3 Å². The van der Waals surface area contributed by atoms with Crippen molar-refractivity contribution in [2.45, 2.75) is 19.6 Å². The van der Waals surface area contributed by atoms with Gasteiger partial charge in [-0.3, -0.25) is 4.68 Å². The second-order valence-electron chi connectivity index (χ2n) is 3.11.